The lowest BCUT2D eigenvalue weighted by molar-refractivity contribution is -0.147. The van der Waals surface area contributed by atoms with Crippen LogP contribution in [0.15, 0.2) is 36.4 Å². The summed E-state index contributed by atoms with van der Waals surface area (Å²) in [5, 5.41) is 12.4. The molecule has 2 N–H and O–H groups in total. The van der Waals surface area contributed by atoms with Crippen molar-refractivity contribution in [1.82, 2.24) is 5.32 Å². The first-order valence-corrected chi connectivity index (χ1v) is 7.93. The van der Waals surface area contributed by atoms with Gasteiger partial charge in [0.1, 0.15) is 0 Å². The quantitative estimate of drug-likeness (QED) is 0.843. The Balaban J connectivity index is 1.75. The molecule has 0 bridgehead atoms. The van der Waals surface area contributed by atoms with E-state index in [0.29, 0.717) is 12.8 Å². The Labute approximate surface area is 130 Å². The number of allylic oxidation sites excluding steroid dienone is 2. The van der Waals surface area contributed by atoms with Gasteiger partial charge in [0.25, 0.3) is 0 Å². The molecule has 2 aliphatic rings. The van der Waals surface area contributed by atoms with Gasteiger partial charge < -0.3 is 10.4 Å². The zero-order valence-electron chi connectivity index (χ0n) is 12.5. The average molecular weight is 299 g/mol. The van der Waals surface area contributed by atoms with Crippen LogP contribution in [0.5, 0.6) is 0 Å². The third-order valence-electron chi connectivity index (χ3n) is 4.77. The topological polar surface area (TPSA) is 66.4 Å². The van der Waals surface area contributed by atoms with Gasteiger partial charge in [-0.2, -0.15) is 0 Å². The number of hydrogen-bond acceptors (Lipinski definition) is 2. The molecule has 0 spiro atoms. The van der Waals surface area contributed by atoms with Crippen LogP contribution in [0.3, 0.4) is 0 Å². The molecule has 4 nitrogen and oxygen atoms in total. The molecule has 0 aliphatic heterocycles. The van der Waals surface area contributed by atoms with Crippen molar-refractivity contribution >= 4 is 11.9 Å². The van der Waals surface area contributed by atoms with Gasteiger partial charge in [-0.3, -0.25) is 9.59 Å². The Bertz CT molecular complexity index is 608. The second-order valence-electron chi connectivity index (χ2n) is 6.15. The van der Waals surface area contributed by atoms with Gasteiger partial charge in [0.05, 0.1) is 17.9 Å². The molecule has 0 saturated heterocycles. The largest absolute Gasteiger partial charge is 0.481 e. The number of hydrogen-bond donors (Lipinski definition) is 2. The van der Waals surface area contributed by atoms with Crippen molar-refractivity contribution in [2.24, 2.45) is 11.8 Å². The molecule has 116 valence electrons. The fourth-order valence-corrected chi connectivity index (χ4v) is 3.56. The van der Waals surface area contributed by atoms with Crippen molar-refractivity contribution in [3.8, 4) is 0 Å². The Morgan fingerprint density at radius 3 is 2.59 bits per heavy atom. The highest BCUT2D eigenvalue weighted by Crippen LogP contribution is 2.31. The summed E-state index contributed by atoms with van der Waals surface area (Å²) in [6.07, 6.45) is 7.74. The number of carboxylic acid groups (broad SMARTS) is 1. The molecule has 1 amide bonds. The van der Waals surface area contributed by atoms with E-state index < -0.39 is 17.8 Å². The second kappa shape index (κ2) is 6.34. The maximum absolute atomic E-state index is 12.6. The van der Waals surface area contributed by atoms with Crippen molar-refractivity contribution in [2.45, 2.75) is 38.1 Å². The number of carbonyl (C=O) groups is 2. The molecule has 1 aromatic rings. The van der Waals surface area contributed by atoms with Crippen molar-refractivity contribution in [3.05, 3.63) is 47.5 Å². The standard InChI is InChI=1S/C18H21NO3/c20-17(14-9-3-4-10-15(14)18(21)22)19-16-11-5-7-12-6-1-2-8-13(12)16/h1-4,6,8,14-16H,5,7,9-11H2,(H,19,20)(H,21,22). The summed E-state index contributed by atoms with van der Waals surface area (Å²) in [5.74, 6) is -2.08. The minimum absolute atomic E-state index is 0.0119. The van der Waals surface area contributed by atoms with Crippen molar-refractivity contribution in [2.75, 3.05) is 0 Å². The molecule has 3 atom stereocenters. The lowest BCUT2D eigenvalue weighted by Gasteiger charge is -2.30. The van der Waals surface area contributed by atoms with Crippen molar-refractivity contribution in [3.63, 3.8) is 0 Å². The summed E-state index contributed by atoms with van der Waals surface area (Å²) in [7, 11) is 0. The van der Waals surface area contributed by atoms with Gasteiger partial charge in [-0.05, 0) is 43.2 Å². The van der Waals surface area contributed by atoms with Crippen LogP contribution in [0.1, 0.15) is 42.9 Å². The molecule has 0 fully saturated rings. The van der Waals surface area contributed by atoms with Crippen LogP contribution in [0.4, 0.5) is 0 Å². The summed E-state index contributed by atoms with van der Waals surface area (Å²) in [4.78, 5) is 23.9. The lowest BCUT2D eigenvalue weighted by atomic mass is 9.81. The molecule has 0 aromatic heterocycles. The molecule has 0 saturated carbocycles. The first-order valence-electron chi connectivity index (χ1n) is 7.93. The fraction of sp³-hybridized carbons (Fsp3) is 0.444. The molecule has 3 unspecified atom stereocenters. The number of aliphatic carboxylic acids is 1. The van der Waals surface area contributed by atoms with E-state index in [1.165, 1.54) is 11.1 Å². The lowest BCUT2D eigenvalue weighted by Crippen LogP contribution is -2.41. The molecule has 2 aliphatic carbocycles. The van der Waals surface area contributed by atoms with E-state index >= 15 is 0 Å². The normalized spacial score (nSPS) is 27.0. The van der Waals surface area contributed by atoms with Crippen LogP contribution in [0.2, 0.25) is 0 Å². The van der Waals surface area contributed by atoms with Crippen molar-refractivity contribution in [1.29, 1.82) is 0 Å². The average Bonchev–Trinajstić information content (AvgIpc) is 2.55. The van der Waals surface area contributed by atoms with Gasteiger partial charge in [-0.25, -0.2) is 0 Å². The Morgan fingerprint density at radius 1 is 1.09 bits per heavy atom. The van der Waals surface area contributed by atoms with E-state index in [2.05, 4.69) is 17.4 Å². The molecule has 0 heterocycles. The fourth-order valence-electron chi connectivity index (χ4n) is 3.56. The molecule has 3 rings (SSSR count). The zero-order valence-corrected chi connectivity index (χ0v) is 12.5. The minimum atomic E-state index is -0.881. The number of carbonyl (C=O) groups excluding carboxylic acids is 1. The third kappa shape index (κ3) is 2.91. The van der Waals surface area contributed by atoms with Gasteiger partial charge in [0.2, 0.25) is 5.91 Å². The summed E-state index contributed by atoms with van der Waals surface area (Å²) < 4.78 is 0. The SMILES string of the molecule is O=C(O)C1CC=CCC1C(=O)NC1CCCc2ccccc21. The van der Waals surface area contributed by atoms with E-state index in [4.69, 9.17) is 0 Å². The van der Waals surface area contributed by atoms with E-state index in [0.717, 1.165) is 19.3 Å². The first kappa shape index (κ1) is 14.8. The van der Waals surface area contributed by atoms with E-state index in [1.807, 2.05) is 24.3 Å². The summed E-state index contributed by atoms with van der Waals surface area (Å²) in [6, 6.07) is 8.20. The van der Waals surface area contributed by atoms with Gasteiger partial charge in [0, 0.05) is 0 Å². The Kier molecular flexibility index (Phi) is 4.27. The van der Waals surface area contributed by atoms with E-state index in [1.54, 1.807) is 0 Å². The molecule has 22 heavy (non-hydrogen) atoms. The zero-order chi connectivity index (χ0) is 15.5. The number of rotatable bonds is 3. The number of fused-ring (bicyclic) bond motifs is 1. The first-order chi connectivity index (χ1) is 10.7. The Hall–Kier alpha value is -2.10. The van der Waals surface area contributed by atoms with Crippen LogP contribution in [0, 0.1) is 11.8 Å². The maximum Gasteiger partial charge on any atom is 0.307 e. The van der Waals surface area contributed by atoms with Crippen LogP contribution < -0.4 is 5.32 Å². The van der Waals surface area contributed by atoms with Gasteiger partial charge in [-0.1, -0.05) is 36.4 Å². The Morgan fingerprint density at radius 2 is 1.82 bits per heavy atom. The van der Waals surface area contributed by atoms with Crippen molar-refractivity contribution < 1.29 is 14.7 Å². The summed E-state index contributed by atoms with van der Waals surface area (Å²) in [5.41, 5.74) is 2.47. The number of nitrogens with one attached hydrogen (secondary N) is 1. The number of carboxylic acids is 1. The predicted octanol–water partition coefficient (Wildman–Crippen LogP) is 2.85. The summed E-state index contributed by atoms with van der Waals surface area (Å²) in [6.45, 7) is 0. The van der Waals surface area contributed by atoms with Crippen LogP contribution in [0.25, 0.3) is 0 Å². The molecular weight excluding hydrogens is 278 g/mol. The number of benzene rings is 1. The highest BCUT2D eigenvalue weighted by Gasteiger charge is 2.35. The highest BCUT2D eigenvalue weighted by atomic mass is 16.4. The monoisotopic (exact) mass is 299 g/mol. The van der Waals surface area contributed by atoms with Crippen LogP contribution in [-0.2, 0) is 16.0 Å². The van der Waals surface area contributed by atoms with Crippen LogP contribution in [-0.4, -0.2) is 17.0 Å². The van der Waals surface area contributed by atoms with Crippen LogP contribution >= 0.6 is 0 Å². The highest BCUT2D eigenvalue weighted by molar-refractivity contribution is 5.85. The predicted molar refractivity (Wildman–Crippen MR) is 83.3 cm³/mol. The summed E-state index contributed by atoms with van der Waals surface area (Å²) >= 11 is 0. The number of amides is 1. The van der Waals surface area contributed by atoms with E-state index in [-0.39, 0.29) is 11.9 Å². The third-order valence-corrected chi connectivity index (χ3v) is 4.77. The van der Waals surface area contributed by atoms with E-state index in [9.17, 15) is 14.7 Å². The molecular formula is C18H21NO3. The molecule has 4 heteroatoms. The molecule has 0 radical (unpaired) electrons. The van der Waals surface area contributed by atoms with Gasteiger partial charge in [0.15, 0.2) is 0 Å². The van der Waals surface area contributed by atoms with Gasteiger partial charge >= 0.3 is 5.97 Å². The maximum atomic E-state index is 12.6. The molecule has 1 aromatic carbocycles. The minimum Gasteiger partial charge on any atom is -0.481 e. The van der Waals surface area contributed by atoms with Gasteiger partial charge in [-0.15, -0.1) is 0 Å². The second-order valence-corrected chi connectivity index (χ2v) is 6.15. The number of aryl methyl sites for hydroxylation is 1. The smallest absolute Gasteiger partial charge is 0.307 e.